The summed E-state index contributed by atoms with van der Waals surface area (Å²) in [6.07, 6.45) is 4.33. The number of amides is 1. The molecular formula is C18H27N7O2. The van der Waals surface area contributed by atoms with Crippen LogP contribution in [-0.2, 0) is 13.1 Å². The van der Waals surface area contributed by atoms with E-state index < -0.39 is 0 Å². The number of likely N-dealkylation sites (tertiary alicyclic amines) is 2. The van der Waals surface area contributed by atoms with Crippen molar-refractivity contribution in [3.63, 3.8) is 0 Å². The van der Waals surface area contributed by atoms with Gasteiger partial charge in [0.1, 0.15) is 17.3 Å². The van der Waals surface area contributed by atoms with Gasteiger partial charge in [0.15, 0.2) is 5.69 Å². The fourth-order valence-corrected chi connectivity index (χ4v) is 4.17. The summed E-state index contributed by atoms with van der Waals surface area (Å²) in [5.41, 5.74) is 0.859. The maximum Gasteiger partial charge on any atom is 0.278 e. The molecule has 0 N–H and O–H groups in total. The van der Waals surface area contributed by atoms with E-state index in [2.05, 4.69) is 41.5 Å². The van der Waals surface area contributed by atoms with Crippen LogP contribution in [0.4, 0.5) is 0 Å². The molecule has 0 atom stereocenters. The first-order chi connectivity index (χ1) is 13.2. The smallest absolute Gasteiger partial charge is 0.278 e. The highest BCUT2D eigenvalue weighted by Gasteiger charge is 2.30. The number of aromatic nitrogens is 5. The first kappa shape index (κ1) is 18.1. The summed E-state index contributed by atoms with van der Waals surface area (Å²) < 4.78 is 6.93. The third kappa shape index (κ3) is 3.60. The van der Waals surface area contributed by atoms with Gasteiger partial charge in [0, 0.05) is 25.6 Å². The van der Waals surface area contributed by atoms with Crippen LogP contribution in [0.15, 0.2) is 4.63 Å². The Hall–Kier alpha value is -2.29. The first-order valence-corrected chi connectivity index (χ1v) is 9.90. The SMILES string of the molecule is CCn1c(CN2CCCC2)nnc1C1CCN(C(=O)c2nonc2C)CC1. The second-order valence-corrected chi connectivity index (χ2v) is 7.47. The molecule has 2 aromatic rings. The van der Waals surface area contributed by atoms with Crippen molar-refractivity contribution in [1.82, 2.24) is 34.9 Å². The highest BCUT2D eigenvalue weighted by molar-refractivity contribution is 5.93. The van der Waals surface area contributed by atoms with Crippen LogP contribution in [-0.4, -0.2) is 67.0 Å². The molecule has 27 heavy (non-hydrogen) atoms. The zero-order valence-corrected chi connectivity index (χ0v) is 16.1. The van der Waals surface area contributed by atoms with E-state index in [1.165, 1.54) is 12.8 Å². The van der Waals surface area contributed by atoms with Gasteiger partial charge >= 0.3 is 0 Å². The van der Waals surface area contributed by atoms with E-state index in [1.54, 1.807) is 6.92 Å². The van der Waals surface area contributed by atoms with Crippen molar-refractivity contribution in [2.45, 2.75) is 58.5 Å². The molecule has 9 nitrogen and oxygen atoms in total. The maximum absolute atomic E-state index is 12.6. The Balaban J connectivity index is 1.41. The number of hydrogen-bond acceptors (Lipinski definition) is 7. The molecule has 2 aromatic heterocycles. The van der Waals surface area contributed by atoms with Gasteiger partial charge in [-0.05, 0) is 57.8 Å². The summed E-state index contributed by atoms with van der Waals surface area (Å²) in [6, 6.07) is 0. The van der Waals surface area contributed by atoms with E-state index in [0.717, 1.165) is 50.7 Å². The van der Waals surface area contributed by atoms with Crippen LogP contribution in [0.5, 0.6) is 0 Å². The molecule has 4 heterocycles. The number of nitrogens with zero attached hydrogens (tertiary/aromatic N) is 7. The van der Waals surface area contributed by atoms with Gasteiger partial charge in [-0.3, -0.25) is 9.69 Å². The van der Waals surface area contributed by atoms with Crippen LogP contribution < -0.4 is 0 Å². The number of carbonyl (C=O) groups is 1. The van der Waals surface area contributed by atoms with E-state index in [1.807, 2.05) is 4.90 Å². The summed E-state index contributed by atoms with van der Waals surface area (Å²) in [4.78, 5) is 16.9. The van der Waals surface area contributed by atoms with Crippen molar-refractivity contribution in [1.29, 1.82) is 0 Å². The molecule has 4 rings (SSSR count). The highest BCUT2D eigenvalue weighted by Crippen LogP contribution is 2.28. The molecule has 2 saturated heterocycles. The Bertz CT molecular complexity index is 785. The van der Waals surface area contributed by atoms with Gasteiger partial charge in [-0.15, -0.1) is 10.2 Å². The second kappa shape index (κ2) is 7.75. The summed E-state index contributed by atoms with van der Waals surface area (Å²) in [5, 5.41) is 16.5. The molecule has 0 radical (unpaired) electrons. The van der Waals surface area contributed by atoms with Crippen LogP contribution in [0.1, 0.15) is 66.4 Å². The fourth-order valence-electron chi connectivity index (χ4n) is 4.17. The number of hydrogen-bond donors (Lipinski definition) is 0. The monoisotopic (exact) mass is 373 g/mol. The molecule has 1 amide bonds. The maximum atomic E-state index is 12.6. The molecule has 0 bridgehead atoms. The van der Waals surface area contributed by atoms with Crippen molar-refractivity contribution in [3.05, 3.63) is 23.0 Å². The minimum atomic E-state index is -0.0983. The van der Waals surface area contributed by atoms with Crippen LogP contribution in [0, 0.1) is 6.92 Å². The standard InChI is InChI=1S/C18H27N7O2/c1-3-25-15(12-23-8-4-5-9-23)19-20-17(25)14-6-10-24(11-7-14)18(26)16-13(2)21-27-22-16/h14H,3-12H2,1-2H3. The number of rotatable bonds is 5. The van der Waals surface area contributed by atoms with E-state index >= 15 is 0 Å². The van der Waals surface area contributed by atoms with Gasteiger partial charge in [0.25, 0.3) is 5.91 Å². The molecule has 2 aliphatic heterocycles. The topological polar surface area (TPSA) is 93.2 Å². The summed E-state index contributed by atoms with van der Waals surface area (Å²) in [6.45, 7) is 9.35. The molecule has 9 heteroatoms. The number of piperidine rings is 1. The Morgan fingerprint density at radius 3 is 2.48 bits per heavy atom. The highest BCUT2D eigenvalue weighted by atomic mass is 16.6. The lowest BCUT2D eigenvalue weighted by Crippen LogP contribution is -2.39. The molecule has 2 fully saturated rings. The predicted octanol–water partition coefficient (Wildman–Crippen LogP) is 1.61. The van der Waals surface area contributed by atoms with E-state index in [9.17, 15) is 4.79 Å². The van der Waals surface area contributed by atoms with Crippen molar-refractivity contribution in [2.75, 3.05) is 26.2 Å². The van der Waals surface area contributed by atoms with Crippen LogP contribution in [0.3, 0.4) is 0 Å². The van der Waals surface area contributed by atoms with Gasteiger partial charge in [-0.25, -0.2) is 4.63 Å². The van der Waals surface area contributed by atoms with Crippen LogP contribution in [0.2, 0.25) is 0 Å². The average Bonchev–Trinajstić information content (AvgIpc) is 3.43. The molecule has 0 spiro atoms. The predicted molar refractivity (Wildman–Crippen MR) is 97.1 cm³/mol. The molecule has 0 unspecified atom stereocenters. The van der Waals surface area contributed by atoms with Crippen molar-refractivity contribution in [2.24, 2.45) is 0 Å². The zero-order chi connectivity index (χ0) is 18.8. The number of carbonyl (C=O) groups excluding carboxylic acids is 1. The lowest BCUT2D eigenvalue weighted by molar-refractivity contribution is 0.0698. The van der Waals surface area contributed by atoms with E-state index in [-0.39, 0.29) is 5.91 Å². The lowest BCUT2D eigenvalue weighted by atomic mass is 9.95. The van der Waals surface area contributed by atoms with Gasteiger partial charge in [0.2, 0.25) is 0 Å². The van der Waals surface area contributed by atoms with E-state index in [4.69, 9.17) is 0 Å². The summed E-state index contributed by atoms with van der Waals surface area (Å²) >= 11 is 0. The van der Waals surface area contributed by atoms with Crippen molar-refractivity contribution >= 4 is 5.91 Å². The van der Waals surface area contributed by atoms with Crippen LogP contribution in [0.25, 0.3) is 0 Å². The molecule has 146 valence electrons. The molecule has 0 aromatic carbocycles. The lowest BCUT2D eigenvalue weighted by Gasteiger charge is -2.31. The Kier molecular flexibility index (Phi) is 5.20. The Morgan fingerprint density at radius 1 is 1.11 bits per heavy atom. The largest absolute Gasteiger partial charge is 0.337 e. The molecule has 0 aliphatic carbocycles. The third-order valence-electron chi connectivity index (χ3n) is 5.74. The normalized spacial score (nSPS) is 19.1. The van der Waals surface area contributed by atoms with Crippen molar-refractivity contribution < 1.29 is 9.42 Å². The molecule has 0 saturated carbocycles. The Labute approximate surface area is 158 Å². The Morgan fingerprint density at radius 2 is 1.85 bits per heavy atom. The zero-order valence-electron chi connectivity index (χ0n) is 16.1. The third-order valence-corrected chi connectivity index (χ3v) is 5.74. The van der Waals surface area contributed by atoms with E-state index in [0.29, 0.717) is 30.4 Å². The van der Waals surface area contributed by atoms with Gasteiger partial charge in [0.05, 0.1) is 6.54 Å². The quantitative estimate of drug-likeness (QED) is 0.786. The van der Waals surface area contributed by atoms with Gasteiger partial charge in [-0.1, -0.05) is 5.16 Å². The minimum absolute atomic E-state index is 0.0983. The van der Waals surface area contributed by atoms with Gasteiger partial charge in [-0.2, -0.15) is 0 Å². The molecule has 2 aliphatic rings. The van der Waals surface area contributed by atoms with Crippen molar-refractivity contribution in [3.8, 4) is 0 Å². The summed E-state index contributed by atoms with van der Waals surface area (Å²) in [7, 11) is 0. The average molecular weight is 373 g/mol. The first-order valence-electron chi connectivity index (χ1n) is 9.90. The number of aryl methyl sites for hydroxylation is 1. The minimum Gasteiger partial charge on any atom is -0.337 e. The molecular weight excluding hydrogens is 346 g/mol. The fraction of sp³-hybridized carbons (Fsp3) is 0.722. The van der Waals surface area contributed by atoms with Crippen LogP contribution >= 0.6 is 0 Å². The van der Waals surface area contributed by atoms with Gasteiger partial charge < -0.3 is 9.47 Å². The second-order valence-electron chi connectivity index (χ2n) is 7.47. The summed E-state index contributed by atoms with van der Waals surface area (Å²) in [5.74, 6) is 2.37.